The van der Waals surface area contributed by atoms with E-state index in [2.05, 4.69) is 25.1 Å². The van der Waals surface area contributed by atoms with Crippen LogP contribution in [-0.4, -0.2) is 25.9 Å². The second-order valence-electron chi connectivity index (χ2n) is 5.92. The van der Waals surface area contributed by atoms with Crippen LogP contribution in [0.2, 0.25) is 0 Å². The van der Waals surface area contributed by atoms with Crippen LogP contribution in [0.4, 0.5) is 19.0 Å². The van der Waals surface area contributed by atoms with Crippen LogP contribution in [-0.2, 0) is 6.54 Å². The zero-order chi connectivity index (χ0) is 19.6. The van der Waals surface area contributed by atoms with Gasteiger partial charge in [0.15, 0.2) is 5.65 Å². The van der Waals surface area contributed by atoms with Crippen molar-refractivity contribution in [3.63, 3.8) is 0 Å². The van der Waals surface area contributed by atoms with Gasteiger partial charge in [0.1, 0.15) is 11.6 Å². The standard InChI is InChI=1S/C19H14F3N5O/c20-19(21,22)28-15-3-1-2-13(10-15)11-24-17-4-5-18-25-12-16(27(18)26-17)14-6-8-23-9-7-14/h1-10,12H,11H2,(H,24,26). The van der Waals surface area contributed by atoms with E-state index in [9.17, 15) is 13.2 Å². The Hall–Kier alpha value is -3.62. The molecule has 3 aromatic heterocycles. The zero-order valence-corrected chi connectivity index (χ0v) is 14.4. The summed E-state index contributed by atoms with van der Waals surface area (Å²) in [5.74, 6) is 0.299. The molecule has 142 valence electrons. The molecular weight excluding hydrogens is 371 g/mol. The summed E-state index contributed by atoms with van der Waals surface area (Å²) in [5.41, 5.74) is 3.03. The first-order chi connectivity index (χ1) is 13.5. The number of imidazole rings is 1. The molecule has 0 amide bonds. The van der Waals surface area contributed by atoms with E-state index in [4.69, 9.17) is 0 Å². The van der Waals surface area contributed by atoms with Crippen LogP contribution in [0.25, 0.3) is 16.9 Å². The molecule has 0 saturated carbocycles. The minimum absolute atomic E-state index is 0.259. The quantitative estimate of drug-likeness (QED) is 0.555. The van der Waals surface area contributed by atoms with Crippen LogP contribution < -0.4 is 10.1 Å². The number of hydrogen-bond acceptors (Lipinski definition) is 5. The van der Waals surface area contributed by atoms with E-state index in [0.29, 0.717) is 17.0 Å². The van der Waals surface area contributed by atoms with E-state index in [-0.39, 0.29) is 12.3 Å². The number of benzene rings is 1. The number of ether oxygens (including phenoxy) is 1. The fourth-order valence-corrected chi connectivity index (χ4v) is 2.73. The van der Waals surface area contributed by atoms with Crippen molar-refractivity contribution in [2.24, 2.45) is 0 Å². The molecule has 28 heavy (non-hydrogen) atoms. The molecule has 0 aliphatic heterocycles. The van der Waals surface area contributed by atoms with Crippen molar-refractivity contribution in [3.8, 4) is 17.0 Å². The Kier molecular flexibility index (Phi) is 4.56. The summed E-state index contributed by atoms with van der Waals surface area (Å²) >= 11 is 0. The van der Waals surface area contributed by atoms with Crippen molar-refractivity contribution < 1.29 is 17.9 Å². The highest BCUT2D eigenvalue weighted by Gasteiger charge is 2.31. The Morgan fingerprint density at radius 3 is 2.64 bits per heavy atom. The van der Waals surface area contributed by atoms with Gasteiger partial charge >= 0.3 is 6.36 Å². The maximum absolute atomic E-state index is 12.4. The Morgan fingerprint density at radius 1 is 1.04 bits per heavy atom. The summed E-state index contributed by atoms with van der Waals surface area (Å²) in [4.78, 5) is 8.33. The first-order valence-electron chi connectivity index (χ1n) is 8.32. The third kappa shape index (κ3) is 4.03. The molecule has 0 aliphatic rings. The van der Waals surface area contributed by atoms with Crippen LogP contribution in [0.3, 0.4) is 0 Å². The van der Waals surface area contributed by atoms with Gasteiger partial charge < -0.3 is 10.1 Å². The van der Waals surface area contributed by atoms with Gasteiger partial charge in [-0.05, 0) is 42.0 Å². The lowest BCUT2D eigenvalue weighted by Gasteiger charge is -2.11. The SMILES string of the molecule is FC(F)(F)Oc1cccc(CNc2ccc3ncc(-c4ccncc4)n3n2)c1. The largest absolute Gasteiger partial charge is 0.573 e. The molecular formula is C19H14F3N5O. The van der Waals surface area contributed by atoms with E-state index in [0.717, 1.165) is 11.3 Å². The molecule has 1 N–H and O–H groups in total. The number of halogens is 3. The number of pyridine rings is 1. The summed E-state index contributed by atoms with van der Waals surface area (Å²) in [5, 5.41) is 7.62. The first-order valence-corrected chi connectivity index (χ1v) is 8.32. The lowest BCUT2D eigenvalue weighted by molar-refractivity contribution is -0.274. The summed E-state index contributed by atoms with van der Waals surface area (Å²) in [6, 6.07) is 13.1. The van der Waals surface area contributed by atoms with Gasteiger partial charge in [0.05, 0.1) is 11.9 Å². The highest BCUT2D eigenvalue weighted by Crippen LogP contribution is 2.24. The minimum Gasteiger partial charge on any atom is -0.406 e. The number of nitrogens with zero attached hydrogens (tertiary/aromatic N) is 4. The van der Waals surface area contributed by atoms with Gasteiger partial charge in [-0.3, -0.25) is 4.98 Å². The first kappa shape index (κ1) is 17.8. The van der Waals surface area contributed by atoms with E-state index in [1.807, 2.05) is 18.2 Å². The maximum Gasteiger partial charge on any atom is 0.573 e. The molecule has 0 fully saturated rings. The van der Waals surface area contributed by atoms with Gasteiger partial charge in [-0.15, -0.1) is 18.3 Å². The van der Waals surface area contributed by atoms with E-state index < -0.39 is 6.36 Å². The maximum atomic E-state index is 12.4. The highest BCUT2D eigenvalue weighted by atomic mass is 19.4. The fraction of sp³-hybridized carbons (Fsp3) is 0.105. The van der Waals surface area contributed by atoms with Gasteiger partial charge in [-0.2, -0.15) is 0 Å². The molecule has 0 saturated heterocycles. The predicted octanol–water partition coefficient (Wildman–Crippen LogP) is 4.30. The Morgan fingerprint density at radius 2 is 1.86 bits per heavy atom. The summed E-state index contributed by atoms with van der Waals surface area (Å²) < 4.78 is 42.7. The van der Waals surface area contributed by atoms with Crippen LogP contribution >= 0.6 is 0 Å². The third-order valence-electron chi connectivity index (χ3n) is 3.94. The van der Waals surface area contributed by atoms with Gasteiger partial charge in [0.2, 0.25) is 0 Å². The van der Waals surface area contributed by atoms with Crippen molar-refractivity contribution in [2.45, 2.75) is 12.9 Å². The van der Waals surface area contributed by atoms with Crippen molar-refractivity contribution >= 4 is 11.5 Å². The van der Waals surface area contributed by atoms with Gasteiger partial charge in [-0.1, -0.05) is 12.1 Å². The molecule has 0 atom stereocenters. The molecule has 1 aromatic carbocycles. The minimum atomic E-state index is -4.72. The molecule has 0 bridgehead atoms. The number of nitrogens with one attached hydrogen (secondary N) is 1. The van der Waals surface area contributed by atoms with Crippen molar-refractivity contribution in [1.82, 2.24) is 19.6 Å². The average Bonchev–Trinajstić information content (AvgIpc) is 3.09. The Labute approximate surface area is 157 Å². The van der Waals surface area contributed by atoms with Crippen molar-refractivity contribution in [2.75, 3.05) is 5.32 Å². The van der Waals surface area contributed by atoms with E-state index >= 15 is 0 Å². The van der Waals surface area contributed by atoms with Crippen LogP contribution in [0.15, 0.2) is 67.1 Å². The number of anilines is 1. The van der Waals surface area contributed by atoms with Gasteiger partial charge in [0.25, 0.3) is 0 Å². The normalized spacial score (nSPS) is 11.5. The molecule has 4 rings (SSSR count). The Balaban J connectivity index is 1.54. The number of aromatic nitrogens is 4. The molecule has 0 aliphatic carbocycles. The monoisotopic (exact) mass is 385 g/mol. The molecule has 6 nitrogen and oxygen atoms in total. The van der Waals surface area contributed by atoms with Crippen LogP contribution in [0.1, 0.15) is 5.56 Å². The molecule has 0 spiro atoms. The van der Waals surface area contributed by atoms with E-state index in [1.165, 1.54) is 18.2 Å². The Bertz CT molecular complexity index is 1100. The fourth-order valence-electron chi connectivity index (χ4n) is 2.73. The van der Waals surface area contributed by atoms with Crippen LogP contribution in [0, 0.1) is 0 Å². The predicted molar refractivity (Wildman–Crippen MR) is 96.7 cm³/mol. The lowest BCUT2D eigenvalue weighted by atomic mass is 10.2. The molecule has 0 unspecified atom stereocenters. The second-order valence-corrected chi connectivity index (χ2v) is 5.92. The summed E-state index contributed by atoms with van der Waals surface area (Å²) in [6.45, 7) is 0.285. The van der Waals surface area contributed by atoms with Crippen LogP contribution in [0.5, 0.6) is 5.75 Å². The molecule has 0 radical (unpaired) electrons. The lowest BCUT2D eigenvalue weighted by Crippen LogP contribution is -2.17. The number of alkyl halides is 3. The highest BCUT2D eigenvalue weighted by molar-refractivity contribution is 5.63. The number of rotatable bonds is 5. The molecule has 4 aromatic rings. The smallest absolute Gasteiger partial charge is 0.406 e. The topological polar surface area (TPSA) is 64.3 Å². The summed E-state index contributed by atoms with van der Waals surface area (Å²) in [7, 11) is 0. The summed E-state index contributed by atoms with van der Waals surface area (Å²) in [6.07, 6.45) is 0.377. The third-order valence-corrected chi connectivity index (χ3v) is 3.94. The van der Waals surface area contributed by atoms with Gasteiger partial charge in [-0.25, -0.2) is 9.50 Å². The zero-order valence-electron chi connectivity index (χ0n) is 14.4. The van der Waals surface area contributed by atoms with Gasteiger partial charge in [0, 0.05) is 24.5 Å². The van der Waals surface area contributed by atoms with E-state index in [1.54, 1.807) is 35.2 Å². The number of fused-ring (bicyclic) bond motifs is 1. The molecule has 3 heterocycles. The molecule has 9 heteroatoms. The van der Waals surface area contributed by atoms with Crippen molar-refractivity contribution in [1.29, 1.82) is 0 Å². The second kappa shape index (κ2) is 7.18. The average molecular weight is 385 g/mol. The number of hydrogen-bond donors (Lipinski definition) is 1. The van der Waals surface area contributed by atoms with Crippen molar-refractivity contribution in [3.05, 3.63) is 72.7 Å².